The van der Waals surface area contributed by atoms with E-state index in [-0.39, 0.29) is 6.61 Å². The van der Waals surface area contributed by atoms with E-state index in [0.717, 1.165) is 0 Å². The number of rotatable bonds is 4. The Balaban J connectivity index is 2.22. The first-order valence-electron chi connectivity index (χ1n) is 8.24. The molecule has 1 saturated heterocycles. The van der Waals surface area contributed by atoms with Crippen LogP contribution in [0.25, 0.3) is 0 Å². The third-order valence-corrected chi connectivity index (χ3v) is 3.91. The Hall–Kier alpha value is -1.99. The van der Waals surface area contributed by atoms with E-state index in [2.05, 4.69) is 0 Å². The van der Waals surface area contributed by atoms with Gasteiger partial charge in [-0.25, -0.2) is 4.79 Å². The molecule has 140 valence electrons. The molecular weight excluding hydrogens is 326 g/mol. The number of carbonyl (C=O) groups is 1. The third-order valence-electron chi connectivity index (χ3n) is 3.91. The lowest BCUT2D eigenvalue weighted by molar-refractivity contribution is -0.0673. The molecule has 1 fully saturated rings. The molecule has 0 radical (unpaired) electrons. The zero-order valence-electron chi connectivity index (χ0n) is 15.4. The van der Waals surface area contributed by atoms with Crippen molar-refractivity contribution >= 4 is 6.09 Å². The fourth-order valence-corrected chi connectivity index (χ4v) is 2.69. The Labute approximate surface area is 148 Å². The Morgan fingerprint density at radius 3 is 2.56 bits per heavy atom. The van der Waals surface area contributed by atoms with Gasteiger partial charge in [0.2, 0.25) is 0 Å². The van der Waals surface area contributed by atoms with Crippen LogP contribution < -0.4 is 9.47 Å². The normalized spacial score (nSPS) is 19.3. The summed E-state index contributed by atoms with van der Waals surface area (Å²) >= 11 is 0. The molecule has 0 spiro atoms. The van der Waals surface area contributed by atoms with Gasteiger partial charge in [0.15, 0.2) is 11.5 Å². The summed E-state index contributed by atoms with van der Waals surface area (Å²) < 4.78 is 21.4. The van der Waals surface area contributed by atoms with Crippen LogP contribution in [0.15, 0.2) is 18.2 Å². The van der Waals surface area contributed by atoms with E-state index in [4.69, 9.17) is 18.9 Å². The van der Waals surface area contributed by atoms with Crippen LogP contribution >= 0.6 is 0 Å². The molecule has 2 unspecified atom stereocenters. The number of carbonyl (C=O) groups excluding carboxylic acids is 1. The summed E-state index contributed by atoms with van der Waals surface area (Å²) in [5.74, 6) is 1.09. The summed E-state index contributed by atoms with van der Waals surface area (Å²) in [6.45, 7) is 6.44. The second-order valence-corrected chi connectivity index (χ2v) is 6.88. The number of nitrogens with zero attached hydrogens (tertiary/aromatic N) is 1. The third kappa shape index (κ3) is 4.76. The van der Waals surface area contributed by atoms with E-state index < -0.39 is 23.8 Å². The molecule has 0 saturated carbocycles. The van der Waals surface area contributed by atoms with Crippen LogP contribution in [-0.2, 0) is 9.47 Å². The first kappa shape index (κ1) is 19.3. The van der Waals surface area contributed by atoms with E-state index in [0.29, 0.717) is 30.2 Å². The Bertz CT molecular complexity index is 598. The van der Waals surface area contributed by atoms with Crippen LogP contribution in [0.1, 0.15) is 32.4 Å². The second-order valence-electron chi connectivity index (χ2n) is 6.88. The Morgan fingerprint density at radius 2 is 1.96 bits per heavy atom. The van der Waals surface area contributed by atoms with Gasteiger partial charge in [0.1, 0.15) is 11.7 Å². The van der Waals surface area contributed by atoms with Crippen LogP contribution in [0, 0.1) is 0 Å². The van der Waals surface area contributed by atoms with Crippen molar-refractivity contribution in [1.82, 2.24) is 4.90 Å². The van der Waals surface area contributed by atoms with Gasteiger partial charge in [0.05, 0.1) is 33.5 Å². The molecule has 2 atom stereocenters. The van der Waals surface area contributed by atoms with E-state index in [1.807, 2.05) is 20.8 Å². The zero-order chi connectivity index (χ0) is 18.6. The summed E-state index contributed by atoms with van der Waals surface area (Å²) in [4.78, 5) is 14.0. The van der Waals surface area contributed by atoms with Crippen molar-refractivity contribution in [1.29, 1.82) is 0 Å². The number of aliphatic hydroxyl groups excluding tert-OH is 1. The van der Waals surface area contributed by atoms with Crippen molar-refractivity contribution in [3.05, 3.63) is 23.8 Å². The van der Waals surface area contributed by atoms with Gasteiger partial charge in [-0.1, -0.05) is 6.07 Å². The maximum atomic E-state index is 12.5. The van der Waals surface area contributed by atoms with Gasteiger partial charge in [-0.05, 0) is 38.5 Å². The minimum atomic E-state index is -0.937. The zero-order valence-corrected chi connectivity index (χ0v) is 15.4. The summed E-state index contributed by atoms with van der Waals surface area (Å²) in [5, 5.41) is 10.8. The quantitative estimate of drug-likeness (QED) is 0.895. The maximum absolute atomic E-state index is 12.5. The van der Waals surface area contributed by atoms with Crippen molar-refractivity contribution in [2.75, 3.05) is 34.0 Å². The van der Waals surface area contributed by atoms with E-state index in [9.17, 15) is 9.90 Å². The van der Waals surface area contributed by atoms with Crippen LogP contribution in [0.2, 0.25) is 0 Å². The van der Waals surface area contributed by atoms with Gasteiger partial charge in [0.25, 0.3) is 0 Å². The average Bonchev–Trinajstić information content (AvgIpc) is 2.59. The van der Waals surface area contributed by atoms with Crippen molar-refractivity contribution in [3.63, 3.8) is 0 Å². The summed E-state index contributed by atoms with van der Waals surface area (Å²) in [6.07, 6.45) is -1.40. The molecule has 0 aliphatic carbocycles. The SMILES string of the molecule is COc1ccc(C(O)C2COCCN2C(=O)OC(C)(C)C)cc1OC. The first-order valence-corrected chi connectivity index (χ1v) is 8.24. The molecule has 1 aromatic rings. The number of hydrogen-bond acceptors (Lipinski definition) is 6. The van der Waals surface area contributed by atoms with Crippen molar-refractivity contribution in [3.8, 4) is 11.5 Å². The van der Waals surface area contributed by atoms with Gasteiger partial charge in [-0.3, -0.25) is 4.90 Å². The smallest absolute Gasteiger partial charge is 0.410 e. The topological polar surface area (TPSA) is 77.5 Å². The van der Waals surface area contributed by atoms with E-state index in [1.165, 1.54) is 12.0 Å². The number of hydrogen-bond donors (Lipinski definition) is 1. The van der Waals surface area contributed by atoms with Gasteiger partial charge < -0.3 is 24.1 Å². The molecule has 7 nitrogen and oxygen atoms in total. The summed E-state index contributed by atoms with van der Waals surface area (Å²) in [7, 11) is 3.08. The molecule has 7 heteroatoms. The highest BCUT2D eigenvalue weighted by Gasteiger charge is 2.36. The summed E-state index contributed by atoms with van der Waals surface area (Å²) in [5.41, 5.74) is 0.00974. The monoisotopic (exact) mass is 353 g/mol. The number of methoxy groups -OCH3 is 2. The van der Waals surface area contributed by atoms with Gasteiger partial charge in [-0.15, -0.1) is 0 Å². The van der Waals surface area contributed by atoms with Crippen molar-refractivity contribution in [2.24, 2.45) is 0 Å². The molecule has 1 amide bonds. The van der Waals surface area contributed by atoms with E-state index >= 15 is 0 Å². The molecular formula is C18H27NO6. The number of aliphatic hydroxyl groups is 1. The van der Waals surface area contributed by atoms with Crippen LogP contribution in [0.4, 0.5) is 4.79 Å². The lowest BCUT2D eigenvalue weighted by Gasteiger charge is -2.39. The second kappa shape index (κ2) is 7.93. The predicted octanol–water partition coefficient (Wildman–Crippen LogP) is 2.37. The molecule has 1 aliphatic heterocycles. The fourth-order valence-electron chi connectivity index (χ4n) is 2.69. The highest BCUT2D eigenvalue weighted by atomic mass is 16.6. The molecule has 0 aromatic heterocycles. The standard InChI is InChI=1S/C18H27NO6/c1-18(2,3)25-17(21)19-8-9-24-11-13(19)16(20)12-6-7-14(22-4)15(10-12)23-5/h6-7,10,13,16,20H,8-9,11H2,1-5H3. The Kier molecular flexibility index (Phi) is 6.13. The van der Waals surface area contributed by atoms with Gasteiger partial charge in [-0.2, -0.15) is 0 Å². The van der Waals surface area contributed by atoms with Crippen molar-refractivity contribution in [2.45, 2.75) is 38.5 Å². The predicted molar refractivity (Wildman–Crippen MR) is 92.1 cm³/mol. The van der Waals surface area contributed by atoms with Gasteiger partial charge >= 0.3 is 6.09 Å². The molecule has 25 heavy (non-hydrogen) atoms. The van der Waals surface area contributed by atoms with Crippen LogP contribution in [-0.4, -0.2) is 61.7 Å². The lowest BCUT2D eigenvalue weighted by Crippen LogP contribution is -2.52. The molecule has 1 heterocycles. The first-order chi connectivity index (χ1) is 11.8. The number of amides is 1. The number of morpholine rings is 1. The molecule has 2 rings (SSSR count). The highest BCUT2D eigenvalue weighted by Crippen LogP contribution is 2.32. The maximum Gasteiger partial charge on any atom is 0.410 e. The minimum Gasteiger partial charge on any atom is -0.493 e. The minimum absolute atomic E-state index is 0.231. The molecule has 0 bridgehead atoms. The lowest BCUT2D eigenvalue weighted by atomic mass is 10.00. The molecule has 1 aliphatic rings. The van der Waals surface area contributed by atoms with Crippen LogP contribution in [0.3, 0.4) is 0 Å². The molecule has 1 aromatic carbocycles. The van der Waals surface area contributed by atoms with Gasteiger partial charge in [0, 0.05) is 6.54 Å². The largest absolute Gasteiger partial charge is 0.493 e. The fraction of sp³-hybridized carbons (Fsp3) is 0.611. The number of benzene rings is 1. The molecule has 1 N–H and O–H groups in total. The number of ether oxygens (including phenoxy) is 4. The Morgan fingerprint density at radius 1 is 1.28 bits per heavy atom. The highest BCUT2D eigenvalue weighted by molar-refractivity contribution is 5.69. The van der Waals surface area contributed by atoms with Crippen molar-refractivity contribution < 1.29 is 28.8 Å². The van der Waals surface area contributed by atoms with E-state index in [1.54, 1.807) is 25.3 Å². The van der Waals surface area contributed by atoms with Crippen LogP contribution in [0.5, 0.6) is 11.5 Å². The summed E-state index contributed by atoms with van der Waals surface area (Å²) in [6, 6.07) is 4.62. The average molecular weight is 353 g/mol.